The third-order valence-electron chi connectivity index (χ3n) is 1.83. The summed E-state index contributed by atoms with van der Waals surface area (Å²) in [6.07, 6.45) is 0.488. The zero-order valence-electron chi connectivity index (χ0n) is 9.42. The quantitative estimate of drug-likeness (QED) is 0.516. The number of halogens is 1. The van der Waals surface area contributed by atoms with Crippen LogP contribution in [0.5, 0.6) is 0 Å². The molecule has 0 aliphatic heterocycles. The number of nitrogens with one attached hydrogen (secondary N) is 1. The number of hydrogen-bond donors (Lipinski definition) is 1. The van der Waals surface area contributed by atoms with Crippen molar-refractivity contribution < 1.29 is 14.5 Å². The highest BCUT2D eigenvalue weighted by Gasteiger charge is 2.08. The lowest BCUT2D eigenvalue weighted by Crippen LogP contribution is -2.18. The predicted molar refractivity (Wildman–Crippen MR) is 65.9 cm³/mol. The fraction of sp³-hybridized carbons (Fsp3) is 0.200. The van der Waals surface area contributed by atoms with Crippen molar-refractivity contribution in [3.63, 3.8) is 0 Å². The second-order valence-corrected chi connectivity index (χ2v) is 3.46. The van der Waals surface area contributed by atoms with Crippen LogP contribution in [0.3, 0.4) is 0 Å². The first-order valence-electron chi connectivity index (χ1n) is 4.94. The van der Waals surface area contributed by atoms with Crippen LogP contribution in [0, 0.1) is 10.1 Å². The second kappa shape index (κ2) is 6.55. The molecule has 1 aromatic rings. The van der Waals surface area contributed by atoms with E-state index in [0.29, 0.717) is 5.56 Å². The van der Waals surface area contributed by atoms with Crippen LogP contribution in [0.4, 0.5) is 10.5 Å². The maximum atomic E-state index is 10.9. The first-order valence-corrected chi connectivity index (χ1v) is 5.32. The van der Waals surface area contributed by atoms with Crippen LogP contribution in [-0.2, 0) is 4.74 Å². The molecule has 7 nitrogen and oxygen atoms in total. The number of benzene rings is 1. The normalized spacial score (nSPS) is 10.3. The van der Waals surface area contributed by atoms with E-state index in [4.69, 9.17) is 11.6 Å². The van der Waals surface area contributed by atoms with Gasteiger partial charge < -0.3 is 4.74 Å². The molecule has 1 N–H and O–H groups in total. The highest BCUT2D eigenvalue weighted by atomic mass is 35.5. The Labute approximate surface area is 108 Å². The number of nitro benzene ring substituents is 1. The largest absolute Gasteiger partial charge is 0.449 e. The average Bonchev–Trinajstić information content (AvgIpc) is 2.31. The van der Waals surface area contributed by atoms with Gasteiger partial charge in [-0.25, -0.2) is 10.2 Å². The fourth-order valence-electron chi connectivity index (χ4n) is 1.06. The summed E-state index contributed by atoms with van der Waals surface area (Å²) in [7, 11) is 0. The lowest BCUT2D eigenvalue weighted by Gasteiger charge is -2.00. The van der Waals surface area contributed by atoms with Crippen molar-refractivity contribution in [1.29, 1.82) is 0 Å². The Balaban J connectivity index is 2.77. The zero-order chi connectivity index (χ0) is 13.5. The number of carbonyl (C=O) groups excluding carboxylic acids is 1. The summed E-state index contributed by atoms with van der Waals surface area (Å²) in [4.78, 5) is 20.9. The summed E-state index contributed by atoms with van der Waals surface area (Å²) in [5, 5.41) is 14.4. The number of hydrazone groups is 1. The molecule has 0 fully saturated rings. The number of amides is 1. The number of nitrogens with zero attached hydrogens (tertiary/aromatic N) is 2. The number of rotatable bonds is 4. The van der Waals surface area contributed by atoms with Crippen LogP contribution in [0.15, 0.2) is 23.3 Å². The minimum absolute atomic E-state index is 0.114. The van der Waals surface area contributed by atoms with E-state index in [1.165, 1.54) is 24.4 Å². The van der Waals surface area contributed by atoms with Crippen molar-refractivity contribution in [2.24, 2.45) is 5.10 Å². The summed E-state index contributed by atoms with van der Waals surface area (Å²) >= 11 is 5.82. The van der Waals surface area contributed by atoms with Crippen LogP contribution in [-0.4, -0.2) is 23.8 Å². The van der Waals surface area contributed by atoms with Crippen LogP contribution in [0.2, 0.25) is 5.02 Å². The highest BCUT2D eigenvalue weighted by molar-refractivity contribution is 6.33. The molecule has 1 rings (SSSR count). The number of nitro groups is 1. The molecular formula is C10H10ClN3O4. The monoisotopic (exact) mass is 271 g/mol. The van der Waals surface area contributed by atoms with E-state index in [2.05, 4.69) is 15.3 Å². The van der Waals surface area contributed by atoms with E-state index in [0.717, 1.165) is 0 Å². The minimum Gasteiger partial charge on any atom is -0.449 e. The topological polar surface area (TPSA) is 93.8 Å². The van der Waals surface area contributed by atoms with E-state index in [-0.39, 0.29) is 17.3 Å². The average molecular weight is 272 g/mol. The number of carbonyl (C=O) groups is 1. The van der Waals surface area contributed by atoms with Gasteiger partial charge >= 0.3 is 6.09 Å². The molecule has 1 amide bonds. The van der Waals surface area contributed by atoms with Gasteiger partial charge in [-0.1, -0.05) is 11.6 Å². The Bertz CT molecular complexity index is 490. The van der Waals surface area contributed by atoms with Gasteiger partial charge in [-0.3, -0.25) is 10.1 Å². The molecule has 0 unspecified atom stereocenters. The van der Waals surface area contributed by atoms with Gasteiger partial charge in [0.2, 0.25) is 0 Å². The van der Waals surface area contributed by atoms with E-state index in [9.17, 15) is 14.9 Å². The van der Waals surface area contributed by atoms with Gasteiger partial charge in [0.05, 0.1) is 17.7 Å². The van der Waals surface area contributed by atoms with E-state index in [1.807, 2.05) is 0 Å². The van der Waals surface area contributed by atoms with Gasteiger partial charge in [0.25, 0.3) is 5.69 Å². The Morgan fingerprint density at radius 1 is 1.67 bits per heavy atom. The Morgan fingerprint density at radius 2 is 2.39 bits per heavy atom. The summed E-state index contributed by atoms with van der Waals surface area (Å²) in [6, 6.07) is 3.91. The van der Waals surface area contributed by atoms with Gasteiger partial charge in [-0.15, -0.1) is 0 Å². The standard InChI is InChI=1S/C10H10ClN3O4/c1-2-18-10(15)13-12-6-7-5-8(14(16)17)3-4-9(7)11/h3-6H,2H2,1H3,(H,13,15)/b12-6-. The molecule has 0 saturated carbocycles. The molecule has 0 bridgehead atoms. The molecule has 0 saturated heterocycles. The molecule has 0 heterocycles. The third kappa shape index (κ3) is 4.02. The van der Waals surface area contributed by atoms with Crippen LogP contribution in [0.25, 0.3) is 0 Å². The molecule has 0 aliphatic rings. The summed E-state index contributed by atoms with van der Waals surface area (Å²) in [5.74, 6) is 0. The number of non-ortho nitro benzene ring substituents is 1. The Morgan fingerprint density at radius 3 is 3.00 bits per heavy atom. The molecule has 0 radical (unpaired) electrons. The first kappa shape index (κ1) is 13.9. The van der Waals surface area contributed by atoms with Gasteiger partial charge in [0.15, 0.2) is 0 Å². The SMILES string of the molecule is CCOC(=O)N/N=C\c1cc([N+](=O)[O-])ccc1Cl. The van der Waals surface area contributed by atoms with Gasteiger partial charge in [-0.05, 0) is 13.0 Å². The molecule has 8 heteroatoms. The van der Waals surface area contributed by atoms with Crippen molar-refractivity contribution in [2.45, 2.75) is 6.92 Å². The van der Waals surface area contributed by atoms with Crippen LogP contribution < -0.4 is 5.43 Å². The summed E-state index contributed by atoms with van der Waals surface area (Å²) in [5.41, 5.74) is 2.30. The second-order valence-electron chi connectivity index (χ2n) is 3.05. The van der Waals surface area contributed by atoms with E-state index < -0.39 is 11.0 Å². The number of hydrogen-bond acceptors (Lipinski definition) is 5. The Kier molecular flexibility index (Phi) is 5.06. The first-order chi connectivity index (χ1) is 8.54. The highest BCUT2D eigenvalue weighted by Crippen LogP contribution is 2.20. The molecule has 96 valence electrons. The van der Waals surface area contributed by atoms with Crippen molar-refractivity contribution in [3.05, 3.63) is 38.9 Å². The molecule has 18 heavy (non-hydrogen) atoms. The summed E-state index contributed by atoms with van der Waals surface area (Å²) < 4.78 is 4.57. The smallest absolute Gasteiger partial charge is 0.427 e. The fourth-order valence-corrected chi connectivity index (χ4v) is 1.23. The van der Waals surface area contributed by atoms with Gasteiger partial charge in [0, 0.05) is 22.7 Å². The molecule has 0 atom stereocenters. The Hall–Kier alpha value is -2.15. The molecule has 0 spiro atoms. The maximum Gasteiger partial charge on any atom is 0.427 e. The van der Waals surface area contributed by atoms with Crippen molar-refractivity contribution in [3.8, 4) is 0 Å². The summed E-state index contributed by atoms with van der Waals surface area (Å²) in [6.45, 7) is 1.87. The predicted octanol–water partition coefficient (Wildman–Crippen LogP) is 2.33. The lowest BCUT2D eigenvalue weighted by molar-refractivity contribution is -0.384. The van der Waals surface area contributed by atoms with Crippen molar-refractivity contribution in [2.75, 3.05) is 6.61 Å². The zero-order valence-corrected chi connectivity index (χ0v) is 10.2. The van der Waals surface area contributed by atoms with E-state index >= 15 is 0 Å². The lowest BCUT2D eigenvalue weighted by atomic mass is 10.2. The van der Waals surface area contributed by atoms with Crippen molar-refractivity contribution in [1.82, 2.24) is 5.43 Å². The molecule has 1 aromatic carbocycles. The van der Waals surface area contributed by atoms with Crippen molar-refractivity contribution >= 4 is 29.6 Å². The number of ether oxygens (including phenoxy) is 1. The van der Waals surface area contributed by atoms with Gasteiger partial charge in [-0.2, -0.15) is 5.10 Å². The minimum atomic E-state index is -0.713. The van der Waals surface area contributed by atoms with Gasteiger partial charge in [0.1, 0.15) is 0 Å². The van der Waals surface area contributed by atoms with Crippen LogP contribution >= 0.6 is 11.6 Å². The van der Waals surface area contributed by atoms with E-state index in [1.54, 1.807) is 6.92 Å². The molecule has 0 aliphatic carbocycles. The molecular weight excluding hydrogens is 262 g/mol. The van der Waals surface area contributed by atoms with Crippen LogP contribution in [0.1, 0.15) is 12.5 Å². The molecule has 0 aromatic heterocycles. The third-order valence-corrected chi connectivity index (χ3v) is 2.17. The maximum absolute atomic E-state index is 10.9.